The molecule has 3 heterocycles. The van der Waals surface area contributed by atoms with E-state index in [1.807, 2.05) is 38.7 Å². The van der Waals surface area contributed by atoms with Gasteiger partial charge in [-0.1, -0.05) is 25.5 Å². The lowest BCUT2D eigenvalue weighted by Crippen LogP contribution is -2.57. The molecule has 7 heteroatoms. The van der Waals surface area contributed by atoms with Crippen molar-refractivity contribution in [3.63, 3.8) is 0 Å². The van der Waals surface area contributed by atoms with E-state index in [1.54, 1.807) is 6.20 Å². The maximum Gasteiger partial charge on any atom is 0.327 e. The summed E-state index contributed by atoms with van der Waals surface area (Å²) in [5.41, 5.74) is 2.14. The lowest BCUT2D eigenvalue weighted by molar-refractivity contribution is -0.134. The molecule has 0 bridgehead atoms. The van der Waals surface area contributed by atoms with Crippen LogP contribution in [0, 0.1) is 19.8 Å². The minimum Gasteiger partial charge on any atom is -0.355 e. The van der Waals surface area contributed by atoms with Gasteiger partial charge in [0.1, 0.15) is 11.4 Å². The van der Waals surface area contributed by atoms with Gasteiger partial charge in [0.25, 0.3) is 5.91 Å². The number of aromatic nitrogens is 2. The van der Waals surface area contributed by atoms with E-state index in [2.05, 4.69) is 28.7 Å². The number of piperidine rings is 1. The van der Waals surface area contributed by atoms with Crippen LogP contribution in [-0.4, -0.2) is 63.4 Å². The standard InChI is InChI=1S/C22H33N5O2/c1-15(2)7-10-26-20(28)22(27(21(26)29)14-16(3)4)8-11-25(12-9-22)19-18(6)23-13-17(5)24-19/h7,13,16H,8-12,14H2,1-6H3. The number of amides is 3. The molecular formula is C22H33N5O2. The van der Waals surface area contributed by atoms with Gasteiger partial charge in [-0.05, 0) is 46.5 Å². The molecule has 0 radical (unpaired) electrons. The number of hydrogen-bond acceptors (Lipinski definition) is 5. The van der Waals surface area contributed by atoms with Gasteiger partial charge in [0.2, 0.25) is 0 Å². The first kappa shape index (κ1) is 21.3. The van der Waals surface area contributed by atoms with Gasteiger partial charge < -0.3 is 9.80 Å². The van der Waals surface area contributed by atoms with E-state index in [1.165, 1.54) is 4.90 Å². The number of rotatable bonds is 5. The average Bonchev–Trinajstić information content (AvgIpc) is 2.84. The van der Waals surface area contributed by atoms with Crippen LogP contribution in [0.25, 0.3) is 0 Å². The molecule has 7 nitrogen and oxygen atoms in total. The summed E-state index contributed by atoms with van der Waals surface area (Å²) in [4.78, 5) is 41.2. The molecule has 3 rings (SSSR count). The number of hydrogen-bond donors (Lipinski definition) is 0. The van der Waals surface area contributed by atoms with E-state index in [9.17, 15) is 9.59 Å². The molecule has 29 heavy (non-hydrogen) atoms. The van der Waals surface area contributed by atoms with Crippen molar-refractivity contribution in [1.29, 1.82) is 0 Å². The molecule has 2 saturated heterocycles. The van der Waals surface area contributed by atoms with Crippen LogP contribution in [0.5, 0.6) is 0 Å². The Kier molecular flexibility index (Phi) is 5.96. The first-order chi connectivity index (χ1) is 13.7. The van der Waals surface area contributed by atoms with Gasteiger partial charge in [0.05, 0.1) is 11.4 Å². The summed E-state index contributed by atoms with van der Waals surface area (Å²) in [6.07, 6.45) is 4.95. The SMILES string of the molecule is CC(C)=CCN1C(=O)N(CC(C)C)C2(CCN(c3nc(C)cnc3C)CC2)C1=O. The highest BCUT2D eigenvalue weighted by molar-refractivity contribution is 6.07. The highest BCUT2D eigenvalue weighted by atomic mass is 16.2. The number of carbonyl (C=O) groups is 2. The molecule has 2 fully saturated rings. The Bertz CT molecular complexity index is 820. The zero-order valence-corrected chi connectivity index (χ0v) is 18.5. The molecule has 0 aliphatic carbocycles. The van der Waals surface area contributed by atoms with E-state index >= 15 is 0 Å². The fourth-order valence-electron chi connectivity index (χ4n) is 4.23. The predicted octanol–water partition coefficient (Wildman–Crippen LogP) is 3.32. The summed E-state index contributed by atoms with van der Waals surface area (Å²) in [6.45, 7) is 14.4. The molecule has 158 valence electrons. The molecule has 0 saturated carbocycles. The van der Waals surface area contributed by atoms with E-state index in [0.29, 0.717) is 44.9 Å². The lowest BCUT2D eigenvalue weighted by Gasteiger charge is -2.43. The fourth-order valence-corrected chi connectivity index (χ4v) is 4.23. The number of nitrogens with zero attached hydrogens (tertiary/aromatic N) is 5. The second kappa shape index (κ2) is 8.13. The van der Waals surface area contributed by atoms with Gasteiger partial charge in [0.15, 0.2) is 0 Å². The maximum atomic E-state index is 13.4. The second-order valence-electron chi connectivity index (χ2n) is 8.92. The van der Waals surface area contributed by atoms with Crippen LogP contribution in [0.1, 0.15) is 51.9 Å². The zero-order chi connectivity index (χ0) is 21.3. The topological polar surface area (TPSA) is 69.6 Å². The van der Waals surface area contributed by atoms with Crippen molar-refractivity contribution in [3.05, 3.63) is 29.2 Å². The van der Waals surface area contributed by atoms with Crippen molar-refractivity contribution >= 4 is 17.8 Å². The zero-order valence-electron chi connectivity index (χ0n) is 18.5. The van der Waals surface area contributed by atoms with Crippen LogP contribution in [0.3, 0.4) is 0 Å². The molecule has 0 aromatic carbocycles. The van der Waals surface area contributed by atoms with Crippen LogP contribution in [0.4, 0.5) is 10.6 Å². The number of allylic oxidation sites excluding steroid dienone is 1. The van der Waals surface area contributed by atoms with Gasteiger partial charge in [-0.15, -0.1) is 0 Å². The van der Waals surface area contributed by atoms with E-state index in [4.69, 9.17) is 0 Å². The van der Waals surface area contributed by atoms with Gasteiger partial charge >= 0.3 is 6.03 Å². The van der Waals surface area contributed by atoms with Gasteiger partial charge in [-0.25, -0.2) is 9.78 Å². The van der Waals surface area contributed by atoms with Crippen LogP contribution in [0.2, 0.25) is 0 Å². The van der Waals surface area contributed by atoms with Crippen molar-refractivity contribution in [3.8, 4) is 0 Å². The second-order valence-corrected chi connectivity index (χ2v) is 8.92. The highest BCUT2D eigenvalue weighted by Crippen LogP contribution is 2.39. The first-order valence-electron chi connectivity index (χ1n) is 10.5. The third-order valence-electron chi connectivity index (χ3n) is 5.79. The number of anilines is 1. The van der Waals surface area contributed by atoms with Crippen molar-refractivity contribution in [2.24, 2.45) is 5.92 Å². The molecule has 1 aromatic heterocycles. The van der Waals surface area contributed by atoms with Crippen molar-refractivity contribution in [1.82, 2.24) is 19.8 Å². The Balaban J connectivity index is 1.86. The number of carbonyl (C=O) groups excluding carboxylic acids is 2. The monoisotopic (exact) mass is 399 g/mol. The summed E-state index contributed by atoms with van der Waals surface area (Å²) in [5.74, 6) is 1.13. The molecule has 3 amide bonds. The molecule has 2 aliphatic heterocycles. The van der Waals surface area contributed by atoms with Crippen LogP contribution >= 0.6 is 0 Å². The molecule has 0 unspecified atom stereocenters. The number of urea groups is 1. The molecular weight excluding hydrogens is 366 g/mol. The highest BCUT2D eigenvalue weighted by Gasteiger charge is 2.57. The molecule has 1 spiro atoms. The van der Waals surface area contributed by atoms with E-state index in [-0.39, 0.29) is 11.9 Å². The van der Waals surface area contributed by atoms with E-state index < -0.39 is 5.54 Å². The number of imide groups is 1. The molecule has 1 aromatic rings. The van der Waals surface area contributed by atoms with Crippen molar-refractivity contribution in [2.75, 3.05) is 31.1 Å². The Morgan fingerprint density at radius 3 is 2.45 bits per heavy atom. The van der Waals surface area contributed by atoms with Crippen LogP contribution < -0.4 is 4.90 Å². The summed E-state index contributed by atoms with van der Waals surface area (Å²) in [5, 5.41) is 0. The van der Waals surface area contributed by atoms with Crippen molar-refractivity contribution in [2.45, 2.75) is 59.9 Å². The lowest BCUT2D eigenvalue weighted by atomic mass is 9.85. The summed E-state index contributed by atoms with van der Waals surface area (Å²) >= 11 is 0. The fraction of sp³-hybridized carbons (Fsp3) is 0.636. The minimum atomic E-state index is -0.738. The Hall–Kier alpha value is -2.44. The normalized spacial score (nSPS) is 18.9. The average molecular weight is 400 g/mol. The Labute approximate surface area is 173 Å². The quantitative estimate of drug-likeness (QED) is 0.561. The third-order valence-corrected chi connectivity index (χ3v) is 5.79. The van der Waals surface area contributed by atoms with Gasteiger partial charge in [0, 0.05) is 32.4 Å². The smallest absolute Gasteiger partial charge is 0.327 e. The predicted molar refractivity (Wildman–Crippen MR) is 114 cm³/mol. The molecule has 0 atom stereocenters. The third kappa shape index (κ3) is 4.00. The maximum absolute atomic E-state index is 13.4. The Morgan fingerprint density at radius 2 is 1.86 bits per heavy atom. The first-order valence-corrected chi connectivity index (χ1v) is 10.5. The van der Waals surface area contributed by atoms with Crippen LogP contribution in [0.15, 0.2) is 17.8 Å². The van der Waals surface area contributed by atoms with Gasteiger partial charge in [-0.2, -0.15) is 0 Å². The van der Waals surface area contributed by atoms with E-state index in [0.717, 1.165) is 22.8 Å². The van der Waals surface area contributed by atoms with Crippen LogP contribution in [-0.2, 0) is 4.79 Å². The van der Waals surface area contributed by atoms with Gasteiger partial charge in [-0.3, -0.25) is 14.7 Å². The number of aryl methyl sites for hydroxylation is 2. The largest absolute Gasteiger partial charge is 0.355 e. The Morgan fingerprint density at radius 1 is 1.21 bits per heavy atom. The summed E-state index contributed by atoms with van der Waals surface area (Å²) in [7, 11) is 0. The minimum absolute atomic E-state index is 0.0488. The van der Waals surface area contributed by atoms with Crippen molar-refractivity contribution < 1.29 is 9.59 Å². The molecule has 2 aliphatic rings. The molecule has 0 N–H and O–H groups in total. The summed E-state index contributed by atoms with van der Waals surface area (Å²) in [6, 6.07) is -0.152. The summed E-state index contributed by atoms with van der Waals surface area (Å²) < 4.78 is 0.